The van der Waals surface area contributed by atoms with Crippen LogP contribution in [0, 0.1) is 0 Å². The smallest absolute Gasteiger partial charge is 0.256 e. The molecule has 142 valence electrons. The molecular weight excluding hydrogens is 362 g/mol. The molecule has 0 aliphatic carbocycles. The molecule has 0 atom stereocenters. The molecule has 0 spiro atoms. The van der Waals surface area contributed by atoms with Gasteiger partial charge in [0.05, 0.1) is 13.1 Å². The first-order valence-corrected chi connectivity index (χ1v) is 9.76. The van der Waals surface area contributed by atoms with Crippen molar-refractivity contribution in [3.05, 3.63) is 51.9 Å². The van der Waals surface area contributed by atoms with Crippen LogP contribution in [0.2, 0.25) is 0 Å². The fraction of sp³-hybridized carbons (Fsp3) is 0.350. The Morgan fingerprint density at radius 3 is 2.78 bits per heavy atom. The van der Waals surface area contributed by atoms with Crippen LogP contribution in [0.3, 0.4) is 0 Å². The second-order valence-corrected chi connectivity index (χ2v) is 7.51. The lowest BCUT2D eigenvalue weighted by atomic mass is 10.0. The summed E-state index contributed by atoms with van der Waals surface area (Å²) in [4.78, 5) is 31.7. The van der Waals surface area contributed by atoms with Crippen LogP contribution < -0.4 is 5.32 Å². The molecule has 0 unspecified atom stereocenters. The number of rotatable bonds is 7. The molecule has 27 heavy (non-hydrogen) atoms. The number of carbonyl (C=O) groups excluding carboxylic acids is 2. The standard InChI is InChI=1S/C20H23N3O3S/c1-21-12-16-15-9-10-23(18(25)8-5-11-24)13-17(15)27-20(16)22-19(26)14-6-3-2-4-7-14/h2-4,6-7,24H,1,5,8-13H2,(H,22,26). The van der Waals surface area contributed by atoms with Crippen molar-refractivity contribution in [2.45, 2.75) is 32.4 Å². The number of hydrogen-bond donors (Lipinski definition) is 2. The van der Waals surface area contributed by atoms with E-state index in [1.807, 2.05) is 23.1 Å². The van der Waals surface area contributed by atoms with Gasteiger partial charge in [-0.3, -0.25) is 14.6 Å². The Morgan fingerprint density at radius 2 is 2.07 bits per heavy atom. The minimum Gasteiger partial charge on any atom is -0.396 e. The van der Waals surface area contributed by atoms with E-state index in [9.17, 15) is 9.59 Å². The molecule has 7 heteroatoms. The number of fused-ring (bicyclic) bond motifs is 1. The molecule has 0 radical (unpaired) electrons. The van der Waals surface area contributed by atoms with Gasteiger partial charge in [0.15, 0.2) is 0 Å². The van der Waals surface area contributed by atoms with Gasteiger partial charge in [-0.25, -0.2) is 0 Å². The normalized spacial score (nSPS) is 13.1. The average molecular weight is 385 g/mol. The average Bonchev–Trinajstić information content (AvgIpc) is 3.03. The quantitative estimate of drug-likeness (QED) is 0.719. The highest BCUT2D eigenvalue weighted by Crippen LogP contribution is 2.38. The van der Waals surface area contributed by atoms with Gasteiger partial charge in [-0.15, -0.1) is 11.3 Å². The van der Waals surface area contributed by atoms with E-state index < -0.39 is 0 Å². The van der Waals surface area contributed by atoms with Crippen LogP contribution in [0.15, 0.2) is 35.3 Å². The number of aliphatic hydroxyl groups is 1. The molecule has 1 aromatic carbocycles. The number of nitrogens with zero attached hydrogens (tertiary/aromatic N) is 2. The van der Waals surface area contributed by atoms with Crippen molar-refractivity contribution in [2.24, 2.45) is 4.99 Å². The fourth-order valence-corrected chi connectivity index (χ4v) is 4.48. The molecule has 0 saturated carbocycles. The van der Waals surface area contributed by atoms with Crippen molar-refractivity contribution in [1.82, 2.24) is 4.90 Å². The number of benzene rings is 1. The molecule has 0 saturated heterocycles. The van der Waals surface area contributed by atoms with E-state index >= 15 is 0 Å². The van der Waals surface area contributed by atoms with Crippen LogP contribution >= 0.6 is 11.3 Å². The van der Waals surface area contributed by atoms with Crippen LogP contribution in [0.1, 0.15) is 39.2 Å². The first-order chi connectivity index (χ1) is 13.1. The van der Waals surface area contributed by atoms with Gasteiger partial charge in [0.2, 0.25) is 5.91 Å². The van der Waals surface area contributed by atoms with Gasteiger partial charge in [0, 0.05) is 35.6 Å². The minimum absolute atomic E-state index is 0.0225. The third-order valence-electron chi connectivity index (χ3n) is 4.60. The number of anilines is 1. The van der Waals surface area contributed by atoms with E-state index in [4.69, 9.17) is 5.11 Å². The molecule has 6 nitrogen and oxygen atoms in total. The van der Waals surface area contributed by atoms with Crippen molar-refractivity contribution in [1.29, 1.82) is 0 Å². The van der Waals surface area contributed by atoms with Crippen molar-refractivity contribution in [3.8, 4) is 0 Å². The molecule has 2 heterocycles. The van der Waals surface area contributed by atoms with Gasteiger partial charge < -0.3 is 15.3 Å². The highest BCUT2D eigenvalue weighted by atomic mass is 32.1. The summed E-state index contributed by atoms with van der Waals surface area (Å²) < 4.78 is 0. The summed E-state index contributed by atoms with van der Waals surface area (Å²) in [6.07, 6.45) is 1.58. The summed E-state index contributed by atoms with van der Waals surface area (Å²) >= 11 is 1.51. The van der Waals surface area contributed by atoms with E-state index in [1.165, 1.54) is 16.9 Å². The summed E-state index contributed by atoms with van der Waals surface area (Å²) in [6, 6.07) is 9.08. The van der Waals surface area contributed by atoms with Crippen LogP contribution in [0.25, 0.3) is 0 Å². The highest BCUT2D eigenvalue weighted by Gasteiger charge is 2.27. The maximum atomic E-state index is 12.5. The number of amides is 2. The SMILES string of the molecule is C=NCc1c(NC(=O)c2ccccc2)sc2c1CCN(C(=O)CCCO)C2. The maximum absolute atomic E-state index is 12.5. The van der Waals surface area contributed by atoms with Gasteiger partial charge in [0.1, 0.15) is 5.00 Å². The molecule has 2 amide bonds. The number of aliphatic imine (C=N–C) groups is 1. The van der Waals surface area contributed by atoms with Crippen LogP contribution in [0.4, 0.5) is 5.00 Å². The van der Waals surface area contributed by atoms with Crippen molar-refractivity contribution in [2.75, 3.05) is 18.5 Å². The van der Waals surface area contributed by atoms with Gasteiger partial charge in [-0.05, 0) is 37.3 Å². The second-order valence-electron chi connectivity index (χ2n) is 6.41. The summed E-state index contributed by atoms with van der Waals surface area (Å²) in [7, 11) is 0. The summed E-state index contributed by atoms with van der Waals surface area (Å²) in [6.45, 7) is 5.24. The predicted octanol–water partition coefficient (Wildman–Crippen LogP) is 2.86. The monoisotopic (exact) mass is 385 g/mol. The van der Waals surface area contributed by atoms with Crippen LogP contribution in [-0.4, -0.2) is 41.7 Å². The van der Waals surface area contributed by atoms with E-state index in [1.54, 1.807) is 12.1 Å². The zero-order valence-corrected chi connectivity index (χ0v) is 15.9. The number of hydrogen-bond acceptors (Lipinski definition) is 5. The zero-order chi connectivity index (χ0) is 19.2. The van der Waals surface area contributed by atoms with Gasteiger partial charge >= 0.3 is 0 Å². The molecule has 0 fully saturated rings. The number of carbonyl (C=O) groups is 2. The van der Waals surface area contributed by atoms with E-state index in [-0.39, 0.29) is 18.4 Å². The molecule has 2 aromatic rings. The number of aliphatic hydroxyl groups excluding tert-OH is 1. The Bertz CT molecular complexity index is 832. The Balaban J connectivity index is 1.80. The Hall–Kier alpha value is -2.51. The van der Waals surface area contributed by atoms with Crippen molar-refractivity contribution < 1.29 is 14.7 Å². The Kier molecular flexibility index (Phi) is 6.36. The topological polar surface area (TPSA) is 82.0 Å². The second kappa shape index (κ2) is 8.92. The molecule has 2 N–H and O–H groups in total. The third kappa shape index (κ3) is 4.43. The molecule has 3 rings (SSSR count). The summed E-state index contributed by atoms with van der Waals surface area (Å²) in [5.74, 6) is -0.100. The largest absolute Gasteiger partial charge is 0.396 e. The van der Waals surface area contributed by atoms with Crippen LogP contribution in [-0.2, 0) is 24.3 Å². The Morgan fingerprint density at radius 1 is 1.30 bits per heavy atom. The number of thiophene rings is 1. The van der Waals surface area contributed by atoms with E-state index in [0.29, 0.717) is 38.0 Å². The van der Waals surface area contributed by atoms with Gasteiger partial charge in [0.25, 0.3) is 5.91 Å². The third-order valence-corrected chi connectivity index (χ3v) is 5.78. The summed E-state index contributed by atoms with van der Waals surface area (Å²) in [5, 5.41) is 12.7. The lowest BCUT2D eigenvalue weighted by Gasteiger charge is -2.27. The molecule has 1 aliphatic heterocycles. The van der Waals surface area contributed by atoms with E-state index in [0.717, 1.165) is 21.9 Å². The lowest BCUT2D eigenvalue weighted by Crippen LogP contribution is -2.35. The molecule has 1 aliphatic rings. The predicted molar refractivity (Wildman–Crippen MR) is 107 cm³/mol. The minimum atomic E-state index is -0.157. The fourth-order valence-electron chi connectivity index (χ4n) is 3.21. The highest BCUT2D eigenvalue weighted by molar-refractivity contribution is 7.16. The molecule has 0 bridgehead atoms. The van der Waals surface area contributed by atoms with Crippen LogP contribution in [0.5, 0.6) is 0 Å². The van der Waals surface area contributed by atoms with Gasteiger partial charge in [-0.2, -0.15) is 0 Å². The zero-order valence-electron chi connectivity index (χ0n) is 15.1. The molecular formula is C20H23N3O3S. The molecule has 1 aromatic heterocycles. The first-order valence-electron chi connectivity index (χ1n) is 8.95. The lowest BCUT2D eigenvalue weighted by molar-refractivity contribution is -0.132. The Labute approximate surface area is 162 Å². The summed E-state index contributed by atoms with van der Waals surface area (Å²) in [5.41, 5.74) is 2.76. The van der Waals surface area contributed by atoms with Gasteiger partial charge in [-0.1, -0.05) is 18.2 Å². The van der Waals surface area contributed by atoms with Crippen molar-refractivity contribution >= 4 is 34.9 Å². The first kappa shape index (κ1) is 19.3. The van der Waals surface area contributed by atoms with E-state index in [2.05, 4.69) is 17.0 Å². The number of nitrogens with one attached hydrogen (secondary N) is 1. The maximum Gasteiger partial charge on any atom is 0.256 e. The van der Waals surface area contributed by atoms with Crippen molar-refractivity contribution in [3.63, 3.8) is 0 Å².